The van der Waals surface area contributed by atoms with Gasteiger partial charge in [0.1, 0.15) is 18.1 Å². The van der Waals surface area contributed by atoms with Crippen LogP contribution in [-0.4, -0.2) is 31.9 Å². The topological polar surface area (TPSA) is 77.3 Å². The van der Waals surface area contributed by atoms with Gasteiger partial charge in [0.15, 0.2) is 5.01 Å². The van der Waals surface area contributed by atoms with Gasteiger partial charge in [-0.15, -0.1) is 10.2 Å². The van der Waals surface area contributed by atoms with E-state index in [4.69, 9.17) is 9.47 Å². The lowest BCUT2D eigenvalue weighted by atomic mass is 10.2. The molecule has 8 heteroatoms. The van der Waals surface area contributed by atoms with Gasteiger partial charge in [0.05, 0.1) is 12.8 Å². The molecule has 0 saturated heterocycles. The number of hydrogen-bond donors (Lipinski definition) is 1. The normalized spacial score (nSPS) is 11.3. The Labute approximate surface area is 158 Å². The smallest absolute Gasteiger partial charge is 0.235 e. The summed E-state index contributed by atoms with van der Waals surface area (Å²) in [5.41, 5.74) is 1.94. The van der Waals surface area contributed by atoms with E-state index in [2.05, 4.69) is 32.4 Å². The van der Waals surface area contributed by atoms with Crippen molar-refractivity contribution >= 4 is 27.2 Å². The molecule has 0 fully saturated rings. The Hall–Kier alpha value is -3.39. The maximum Gasteiger partial charge on any atom is 0.235 e. The third kappa shape index (κ3) is 2.89. The Morgan fingerprint density at radius 1 is 1.04 bits per heavy atom. The lowest BCUT2D eigenvalue weighted by Gasteiger charge is -2.04. The van der Waals surface area contributed by atoms with E-state index in [0.717, 1.165) is 38.1 Å². The molecule has 0 amide bonds. The second-order valence-corrected chi connectivity index (χ2v) is 6.99. The van der Waals surface area contributed by atoms with Crippen molar-refractivity contribution in [1.82, 2.24) is 24.8 Å². The van der Waals surface area contributed by atoms with Crippen LogP contribution in [0.1, 0.15) is 5.01 Å². The average Bonchev–Trinajstić information content (AvgIpc) is 3.40. The van der Waals surface area contributed by atoms with Crippen LogP contribution >= 0.6 is 11.3 Å². The minimum atomic E-state index is 0.368. The zero-order valence-electron chi connectivity index (χ0n) is 14.4. The highest BCUT2D eigenvalue weighted by molar-refractivity contribution is 7.16. The highest BCUT2D eigenvalue weighted by Gasteiger charge is 2.15. The van der Waals surface area contributed by atoms with E-state index in [1.165, 1.54) is 11.3 Å². The minimum Gasteiger partial charge on any atom is -0.497 e. The second kappa shape index (κ2) is 6.40. The van der Waals surface area contributed by atoms with Crippen LogP contribution in [0.3, 0.4) is 0 Å². The van der Waals surface area contributed by atoms with E-state index < -0.39 is 0 Å². The highest BCUT2D eigenvalue weighted by atomic mass is 32.1. The lowest BCUT2D eigenvalue weighted by Crippen LogP contribution is -1.97. The molecular formula is C19H15N5O2S. The predicted molar refractivity (Wildman–Crippen MR) is 103 cm³/mol. The predicted octanol–water partition coefficient (Wildman–Crippen LogP) is 3.92. The first kappa shape index (κ1) is 15.8. The standard InChI is InChI=1S/C19H15N5O2S/c1-25-13-6-8-14(9-7-13)26-11-17-23-24-18(21-22-19(24)27-17)16-10-12-4-2-3-5-15(12)20-16/h2-10,20H,11H2,1H3. The van der Waals surface area contributed by atoms with Crippen LogP contribution in [0.5, 0.6) is 11.5 Å². The van der Waals surface area contributed by atoms with Gasteiger partial charge in [-0.1, -0.05) is 29.5 Å². The van der Waals surface area contributed by atoms with Gasteiger partial charge < -0.3 is 14.5 Å². The molecular weight excluding hydrogens is 362 g/mol. The van der Waals surface area contributed by atoms with Crippen LogP contribution in [0.2, 0.25) is 0 Å². The van der Waals surface area contributed by atoms with Gasteiger partial charge in [0.25, 0.3) is 0 Å². The number of rotatable bonds is 5. The Balaban J connectivity index is 1.40. The van der Waals surface area contributed by atoms with Crippen molar-refractivity contribution < 1.29 is 9.47 Å². The van der Waals surface area contributed by atoms with Gasteiger partial charge in [-0.2, -0.15) is 9.61 Å². The molecule has 3 aromatic heterocycles. The molecule has 0 unspecified atom stereocenters. The van der Waals surface area contributed by atoms with Crippen molar-refractivity contribution in [3.63, 3.8) is 0 Å². The van der Waals surface area contributed by atoms with Gasteiger partial charge in [-0.05, 0) is 36.4 Å². The largest absolute Gasteiger partial charge is 0.497 e. The Kier molecular flexibility index (Phi) is 3.75. The molecule has 5 aromatic rings. The first-order valence-electron chi connectivity index (χ1n) is 8.36. The van der Waals surface area contributed by atoms with E-state index in [9.17, 15) is 0 Å². The molecule has 1 N–H and O–H groups in total. The molecule has 0 saturated carbocycles. The molecule has 0 aliphatic heterocycles. The molecule has 7 nitrogen and oxygen atoms in total. The number of fused-ring (bicyclic) bond motifs is 2. The quantitative estimate of drug-likeness (QED) is 0.502. The molecule has 2 aromatic carbocycles. The molecule has 0 spiro atoms. The molecule has 0 atom stereocenters. The number of benzene rings is 2. The fourth-order valence-electron chi connectivity index (χ4n) is 2.89. The van der Waals surface area contributed by atoms with Gasteiger partial charge in [0.2, 0.25) is 10.8 Å². The number of nitrogens with one attached hydrogen (secondary N) is 1. The van der Waals surface area contributed by atoms with Crippen molar-refractivity contribution in [2.24, 2.45) is 0 Å². The number of ether oxygens (including phenoxy) is 2. The third-order valence-electron chi connectivity index (χ3n) is 4.23. The zero-order chi connectivity index (χ0) is 18.2. The average molecular weight is 377 g/mol. The summed E-state index contributed by atoms with van der Waals surface area (Å²) in [6.07, 6.45) is 0. The number of aromatic nitrogens is 5. The fraction of sp³-hybridized carbons (Fsp3) is 0.105. The van der Waals surface area contributed by atoms with E-state index in [1.807, 2.05) is 42.5 Å². The third-order valence-corrected chi connectivity index (χ3v) is 5.10. The van der Waals surface area contributed by atoms with Gasteiger partial charge in [0, 0.05) is 10.9 Å². The SMILES string of the molecule is COc1ccc(OCc2nn3c(-c4cc5ccccc5[nH]4)nnc3s2)cc1. The summed E-state index contributed by atoms with van der Waals surface area (Å²) in [5.74, 6) is 2.25. The van der Waals surface area contributed by atoms with Crippen LogP contribution in [-0.2, 0) is 6.61 Å². The molecule has 0 radical (unpaired) electrons. The van der Waals surface area contributed by atoms with Crippen LogP contribution < -0.4 is 9.47 Å². The first-order valence-corrected chi connectivity index (χ1v) is 9.18. The first-order chi connectivity index (χ1) is 13.3. The summed E-state index contributed by atoms with van der Waals surface area (Å²) in [7, 11) is 1.64. The van der Waals surface area contributed by atoms with Gasteiger partial charge in [-0.3, -0.25) is 0 Å². The van der Waals surface area contributed by atoms with E-state index in [0.29, 0.717) is 12.4 Å². The Morgan fingerprint density at radius 3 is 2.67 bits per heavy atom. The second-order valence-electron chi connectivity index (χ2n) is 5.95. The fourth-order valence-corrected chi connectivity index (χ4v) is 3.64. The van der Waals surface area contributed by atoms with Crippen molar-refractivity contribution in [3.8, 4) is 23.0 Å². The summed E-state index contributed by atoms with van der Waals surface area (Å²) in [6, 6.07) is 17.6. The van der Waals surface area contributed by atoms with E-state index >= 15 is 0 Å². The molecule has 0 aliphatic rings. The lowest BCUT2D eigenvalue weighted by molar-refractivity contribution is 0.303. The summed E-state index contributed by atoms with van der Waals surface area (Å²) < 4.78 is 12.7. The Morgan fingerprint density at radius 2 is 1.85 bits per heavy atom. The number of aromatic amines is 1. The summed E-state index contributed by atoms with van der Waals surface area (Å²) in [5, 5.41) is 15.1. The van der Waals surface area contributed by atoms with E-state index in [1.54, 1.807) is 11.6 Å². The van der Waals surface area contributed by atoms with Crippen LogP contribution in [0.15, 0.2) is 54.6 Å². The highest BCUT2D eigenvalue weighted by Crippen LogP contribution is 2.25. The monoisotopic (exact) mass is 377 g/mol. The number of nitrogens with zero attached hydrogens (tertiary/aromatic N) is 4. The number of para-hydroxylation sites is 1. The summed E-state index contributed by atoms with van der Waals surface area (Å²) in [6.45, 7) is 0.368. The van der Waals surface area contributed by atoms with Crippen LogP contribution in [0.25, 0.3) is 27.4 Å². The number of methoxy groups -OCH3 is 1. The van der Waals surface area contributed by atoms with Crippen LogP contribution in [0.4, 0.5) is 0 Å². The maximum atomic E-state index is 5.81. The number of H-pyrrole nitrogens is 1. The summed E-state index contributed by atoms with van der Waals surface area (Å²) >= 11 is 1.46. The molecule has 134 valence electrons. The van der Waals surface area contributed by atoms with Crippen molar-refractivity contribution in [2.45, 2.75) is 6.61 Å². The minimum absolute atomic E-state index is 0.368. The molecule has 0 aliphatic carbocycles. The van der Waals surface area contributed by atoms with Crippen LogP contribution in [0, 0.1) is 0 Å². The van der Waals surface area contributed by atoms with Crippen molar-refractivity contribution in [3.05, 3.63) is 59.6 Å². The maximum absolute atomic E-state index is 5.81. The summed E-state index contributed by atoms with van der Waals surface area (Å²) in [4.78, 5) is 4.10. The molecule has 3 heterocycles. The van der Waals surface area contributed by atoms with Gasteiger partial charge >= 0.3 is 0 Å². The van der Waals surface area contributed by atoms with Gasteiger partial charge in [-0.25, -0.2) is 0 Å². The van der Waals surface area contributed by atoms with Crippen molar-refractivity contribution in [1.29, 1.82) is 0 Å². The molecule has 0 bridgehead atoms. The molecule has 5 rings (SSSR count). The zero-order valence-corrected chi connectivity index (χ0v) is 15.2. The van der Waals surface area contributed by atoms with Crippen molar-refractivity contribution in [2.75, 3.05) is 7.11 Å². The molecule has 27 heavy (non-hydrogen) atoms. The Bertz CT molecular complexity index is 1190. The van der Waals surface area contributed by atoms with E-state index in [-0.39, 0.29) is 0 Å². The number of hydrogen-bond acceptors (Lipinski definition) is 6.